The van der Waals surface area contributed by atoms with Crippen molar-refractivity contribution in [3.63, 3.8) is 0 Å². The summed E-state index contributed by atoms with van der Waals surface area (Å²) in [5.41, 5.74) is 15.9. The molecular formula is C52H39B4IN4O. The maximum Gasteiger partial charge on any atom is 0.178 e. The molecule has 0 unspecified atom stereocenters. The standard InChI is InChI=1S/C52H39B4IN4O/c1-30(31-15-5-2-6-16-31)58-51(33-19-9-4-10-20-33)59-52(57)61-42-24-14-12-22-38(42)40-26-25-39-37-21-11-13-23-41(37)60(48(39)49(40)61)36-28-34(32-17-7-3-8-18-32)27-35(29-36)43-44(53)45(54)46(55)47(56)50(43)62/h2-29,62H,1,53-56H2/b58-51-,59-52+. The highest BCUT2D eigenvalue weighted by molar-refractivity contribution is 14.1. The minimum Gasteiger partial charge on any atom is -0.508 e. The highest BCUT2D eigenvalue weighted by atomic mass is 127. The van der Waals surface area contributed by atoms with Crippen molar-refractivity contribution in [3.05, 3.63) is 188 Å². The largest absolute Gasteiger partial charge is 0.508 e. The second kappa shape index (κ2) is 15.9. The highest BCUT2D eigenvalue weighted by Crippen LogP contribution is 2.42. The molecule has 0 saturated carbocycles. The minimum absolute atomic E-state index is 0.322. The Morgan fingerprint density at radius 1 is 0.500 bits per heavy atom. The summed E-state index contributed by atoms with van der Waals surface area (Å²) in [6, 6.07) is 59.2. The van der Waals surface area contributed by atoms with Crippen molar-refractivity contribution in [2.75, 3.05) is 0 Å². The van der Waals surface area contributed by atoms with E-state index in [2.05, 4.69) is 165 Å². The lowest BCUT2D eigenvalue weighted by molar-refractivity contribution is 0.482. The van der Waals surface area contributed by atoms with Crippen molar-refractivity contribution in [3.8, 4) is 33.7 Å². The fraction of sp³-hybridized carbons (Fsp3) is 0. The zero-order valence-electron chi connectivity index (χ0n) is 35.0. The minimum atomic E-state index is 0.322. The van der Waals surface area contributed by atoms with Gasteiger partial charge in [0.05, 0.1) is 27.8 Å². The molecule has 2 aromatic heterocycles. The number of phenols is 1. The van der Waals surface area contributed by atoms with E-state index in [1.54, 1.807) is 0 Å². The Kier molecular flexibility index (Phi) is 10.1. The van der Waals surface area contributed by atoms with Gasteiger partial charge in [-0.3, -0.25) is 4.57 Å². The van der Waals surface area contributed by atoms with Gasteiger partial charge in [0.2, 0.25) is 0 Å². The number of hydrogen-bond acceptors (Lipinski definition) is 2. The van der Waals surface area contributed by atoms with Crippen molar-refractivity contribution >= 4 is 135 Å². The van der Waals surface area contributed by atoms with Crippen LogP contribution in [0.2, 0.25) is 0 Å². The summed E-state index contributed by atoms with van der Waals surface area (Å²) in [6.45, 7) is 4.37. The summed E-state index contributed by atoms with van der Waals surface area (Å²) >= 11 is 2.39. The molecule has 1 N–H and O–H groups in total. The zero-order chi connectivity index (χ0) is 42.6. The monoisotopic (exact) mass is 906 g/mol. The zero-order valence-corrected chi connectivity index (χ0v) is 37.1. The van der Waals surface area contributed by atoms with Crippen molar-refractivity contribution in [1.82, 2.24) is 9.13 Å². The molecule has 0 aliphatic carbocycles. The number of halogens is 1. The van der Waals surface area contributed by atoms with Gasteiger partial charge in [0.1, 0.15) is 37.1 Å². The molecule has 2 heterocycles. The summed E-state index contributed by atoms with van der Waals surface area (Å²) in [7, 11) is 8.38. The van der Waals surface area contributed by atoms with Gasteiger partial charge in [-0.15, -0.1) is 5.46 Å². The van der Waals surface area contributed by atoms with E-state index in [1.807, 2.05) is 74.6 Å². The number of fused-ring (bicyclic) bond motifs is 7. The molecule has 5 nitrogen and oxygen atoms in total. The van der Waals surface area contributed by atoms with E-state index >= 15 is 0 Å². The summed E-state index contributed by atoms with van der Waals surface area (Å²) in [4.78, 5) is 10.5. The Labute approximate surface area is 378 Å². The topological polar surface area (TPSA) is 54.8 Å². The normalized spacial score (nSPS) is 12.2. The molecule has 0 bridgehead atoms. The van der Waals surface area contributed by atoms with Crippen molar-refractivity contribution in [2.24, 2.45) is 9.98 Å². The van der Waals surface area contributed by atoms with Crippen LogP contribution in [0.25, 0.3) is 77.2 Å². The Morgan fingerprint density at radius 3 is 1.71 bits per heavy atom. The average molecular weight is 906 g/mol. The van der Waals surface area contributed by atoms with Gasteiger partial charge in [-0.25, -0.2) is 9.98 Å². The fourth-order valence-electron chi connectivity index (χ4n) is 8.99. The molecule has 0 atom stereocenters. The Morgan fingerprint density at radius 2 is 1.03 bits per heavy atom. The number of phenolic OH excluding ortho intramolecular Hbond substituents is 1. The third-order valence-electron chi connectivity index (χ3n) is 12.5. The molecule has 0 aliphatic rings. The SMILES string of the molecule is Bc1c(B)c(B)c(-c2cc(-c3ccccc3)cc(-n3c4ccccc4c4ccc5c6ccccc6n(/C(I)=N/C(=N\C(=C)c6ccccc6)c6ccccc6)c5c43)c2)c(O)c1B. The molecule has 0 amide bonds. The van der Waals surface area contributed by atoms with E-state index in [0.29, 0.717) is 17.3 Å². The van der Waals surface area contributed by atoms with E-state index in [0.717, 1.165) is 103 Å². The number of aromatic nitrogens is 2. The van der Waals surface area contributed by atoms with Gasteiger partial charge in [0.25, 0.3) is 0 Å². The first kappa shape index (κ1) is 39.4. The molecule has 0 radical (unpaired) electrons. The number of aromatic hydroxyl groups is 1. The van der Waals surface area contributed by atoms with Crippen molar-refractivity contribution < 1.29 is 5.11 Å². The molecule has 10 heteroatoms. The van der Waals surface area contributed by atoms with Gasteiger partial charge in [-0.2, -0.15) is 0 Å². The van der Waals surface area contributed by atoms with Crippen LogP contribution in [0.3, 0.4) is 0 Å². The molecule has 10 rings (SSSR count). The number of rotatable bonds is 6. The predicted molar refractivity (Wildman–Crippen MR) is 284 cm³/mol. The summed E-state index contributed by atoms with van der Waals surface area (Å²) < 4.78 is 5.44. The molecular weight excluding hydrogens is 867 g/mol. The van der Waals surface area contributed by atoms with Gasteiger partial charge >= 0.3 is 0 Å². The second-order valence-corrected chi connectivity index (χ2v) is 16.9. The van der Waals surface area contributed by atoms with Crippen LogP contribution in [0.4, 0.5) is 0 Å². The Balaban J connectivity index is 1.31. The first-order chi connectivity index (χ1) is 30.2. The third kappa shape index (κ3) is 6.61. The van der Waals surface area contributed by atoms with Crippen molar-refractivity contribution in [2.45, 2.75) is 0 Å². The van der Waals surface area contributed by atoms with Gasteiger partial charge in [-0.1, -0.05) is 162 Å². The Hall–Kier alpha value is -6.77. The highest BCUT2D eigenvalue weighted by Gasteiger charge is 2.24. The number of benzene rings is 8. The predicted octanol–water partition coefficient (Wildman–Crippen LogP) is 6.72. The van der Waals surface area contributed by atoms with Crippen LogP contribution in [-0.2, 0) is 0 Å². The van der Waals surface area contributed by atoms with Crippen LogP contribution in [0.1, 0.15) is 11.1 Å². The van der Waals surface area contributed by atoms with E-state index in [1.165, 1.54) is 5.46 Å². The molecule has 0 aliphatic heterocycles. The maximum atomic E-state index is 11.9. The van der Waals surface area contributed by atoms with Crippen LogP contribution in [-0.4, -0.2) is 55.3 Å². The van der Waals surface area contributed by atoms with Gasteiger partial charge in [0, 0.05) is 61.0 Å². The van der Waals surface area contributed by atoms with Crippen LogP contribution < -0.4 is 21.9 Å². The molecule has 0 saturated heterocycles. The van der Waals surface area contributed by atoms with Gasteiger partial charge in [-0.05, 0) is 52.6 Å². The Bertz CT molecular complexity index is 3460. The lowest BCUT2D eigenvalue weighted by Crippen LogP contribution is -2.48. The van der Waals surface area contributed by atoms with Gasteiger partial charge in [0.15, 0.2) is 9.68 Å². The smallest absolute Gasteiger partial charge is 0.178 e. The van der Waals surface area contributed by atoms with Crippen molar-refractivity contribution in [1.29, 1.82) is 0 Å². The van der Waals surface area contributed by atoms with E-state index in [-0.39, 0.29) is 0 Å². The quantitative estimate of drug-likeness (QED) is 0.0858. The maximum absolute atomic E-state index is 11.9. The first-order valence-corrected chi connectivity index (χ1v) is 21.9. The van der Waals surface area contributed by atoms with Crippen LogP contribution in [0, 0.1) is 0 Å². The first-order valence-electron chi connectivity index (χ1n) is 20.8. The molecule has 0 spiro atoms. The molecule has 62 heavy (non-hydrogen) atoms. The molecule has 10 aromatic rings. The van der Waals surface area contributed by atoms with E-state index in [4.69, 9.17) is 9.98 Å². The molecule has 8 aromatic carbocycles. The number of aliphatic imine (C=N–C) groups is 2. The van der Waals surface area contributed by atoms with E-state index < -0.39 is 0 Å². The lowest BCUT2D eigenvalue weighted by atomic mass is 9.64. The van der Waals surface area contributed by atoms with Gasteiger partial charge < -0.3 is 9.67 Å². The average Bonchev–Trinajstić information content (AvgIpc) is 3.84. The lowest BCUT2D eigenvalue weighted by Gasteiger charge is -2.20. The molecule has 292 valence electrons. The van der Waals surface area contributed by atoms with E-state index in [9.17, 15) is 5.11 Å². The summed E-state index contributed by atoms with van der Waals surface area (Å²) in [5, 5.41) is 16.4. The van der Waals surface area contributed by atoms with Crippen LogP contribution in [0.15, 0.2) is 186 Å². The number of nitrogens with zero attached hydrogens (tertiary/aromatic N) is 4. The number of hydrogen-bond donors (Lipinski definition) is 1. The number of para-hydroxylation sites is 2. The van der Waals surface area contributed by atoms with Crippen LogP contribution in [0.5, 0.6) is 5.75 Å². The van der Waals surface area contributed by atoms with Crippen LogP contribution >= 0.6 is 22.6 Å². The number of amidine groups is 1. The third-order valence-corrected chi connectivity index (χ3v) is 13.2. The molecule has 0 fully saturated rings. The summed E-state index contributed by atoms with van der Waals surface area (Å²) in [5.74, 6) is 0.893. The second-order valence-electron chi connectivity index (χ2n) is 15.9. The summed E-state index contributed by atoms with van der Waals surface area (Å²) in [6.07, 6.45) is 0. The fourth-order valence-corrected chi connectivity index (χ4v) is 9.72.